The molecule has 4 unspecified atom stereocenters. The Balaban J connectivity index is 1.52. The number of nitrogens with zero attached hydrogens (tertiary/aromatic N) is 2. The van der Waals surface area contributed by atoms with Gasteiger partial charge >= 0.3 is 5.97 Å². The van der Waals surface area contributed by atoms with Crippen LogP contribution in [0.5, 0.6) is 11.5 Å². The number of aryl methyl sites for hydroxylation is 1. The van der Waals surface area contributed by atoms with Crippen LogP contribution in [-0.2, 0) is 14.3 Å². The Kier molecular flexibility index (Phi) is 8.68. The molecule has 218 valence electrons. The first-order chi connectivity index (χ1) is 19.7. The summed E-state index contributed by atoms with van der Waals surface area (Å²) in [5.41, 5.74) is 4.38. The van der Waals surface area contributed by atoms with E-state index < -0.39 is 18.2 Å². The quantitative estimate of drug-likeness (QED) is 0.340. The van der Waals surface area contributed by atoms with Gasteiger partial charge in [-0.2, -0.15) is 0 Å². The Labute approximate surface area is 244 Å². The smallest absolute Gasteiger partial charge is 0.303 e. The maximum absolute atomic E-state index is 13.4. The van der Waals surface area contributed by atoms with E-state index in [1.54, 1.807) is 14.2 Å². The van der Waals surface area contributed by atoms with Crippen LogP contribution in [0.1, 0.15) is 72.7 Å². The third-order valence-corrected chi connectivity index (χ3v) is 8.44. The summed E-state index contributed by atoms with van der Waals surface area (Å²) in [6.07, 6.45) is 0.921. The lowest BCUT2D eigenvalue weighted by Crippen LogP contribution is -2.44. The summed E-state index contributed by atoms with van der Waals surface area (Å²) in [6.45, 7) is 4.62. The van der Waals surface area contributed by atoms with E-state index in [0.717, 1.165) is 40.4 Å². The van der Waals surface area contributed by atoms with Crippen molar-refractivity contribution < 1.29 is 28.9 Å². The fourth-order valence-electron chi connectivity index (χ4n) is 6.07. The normalized spacial score (nSPS) is 21.9. The van der Waals surface area contributed by atoms with Gasteiger partial charge in [-0.3, -0.25) is 14.2 Å². The standard InChI is InChI=1S/C31H36ClN3O6/c1-17-18(2)35-24-9-8-20(32)16-22(24)29(21-6-5-7-26(39-3)30(21)40-4)41-27(31(35)34-17)11-10-25(36)23-14-19(12-13-33-23)15-28(37)38/h5-9,16,19,23,27,29,33H,10-15H2,1-4H3,(H,37,38). The maximum atomic E-state index is 13.4. The highest BCUT2D eigenvalue weighted by molar-refractivity contribution is 6.30. The number of carbonyl (C=O) groups is 2. The lowest BCUT2D eigenvalue weighted by molar-refractivity contribution is -0.138. The number of fused-ring (bicyclic) bond motifs is 3. The molecule has 3 aromatic rings. The average molecular weight is 582 g/mol. The van der Waals surface area contributed by atoms with Crippen molar-refractivity contribution >= 4 is 23.4 Å². The Hall–Kier alpha value is -3.40. The number of piperidine rings is 1. The zero-order valence-corrected chi connectivity index (χ0v) is 24.5. The first kappa shape index (κ1) is 29.1. The minimum Gasteiger partial charge on any atom is -0.493 e. The van der Waals surface area contributed by atoms with Crippen LogP contribution >= 0.6 is 11.6 Å². The zero-order chi connectivity index (χ0) is 29.3. The van der Waals surface area contributed by atoms with E-state index in [4.69, 9.17) is 30.8 Å². The highest BCUT2D eigenvalue weighted by Gasteiger charge is 2.36. The molecule has 2 N–H and O–H groups in total. The van der Waals surface area contributed by atoms with Crippen molar-refractivity contribution in [2.24, 2.45) is 5.92 Å². The van der Waals surface area contributed by atoms with Crippen LogP contribution in [-0.4, -0.2) is 53.2 Å². The number of Topliss-reactive ketones (excluding diaryl/α,β-unsaturated/α-hetero) is 1. The van der Waals surface area contributed by atoms with Gasteiger partial charge in [0, 0.05) is 34.7 Å². The second-order valence-electron chi connectivity index (χ2n) is 10.8. The summed E-state index contributed by atoms with van der Waals surface area (Å²) in [7, 11) is 3.19. The summed E-state index contributed by atoms with van der Waals surface area (Å²) < 4.78 is 20.4. The van der Waals surface area contributed by atoms with Crippen molar-refractivity contribution in [2.75, 3.05) is 20.8 Å². The number of halogens is 1. The van der Waals surface area contributed by atoms with Gasteiger partial charge in [0.1, 0.15) is 23.8 Å². The second kappa shape index (κ2) is 12.2. The molecule has 10 heteroatoms. The van der Waals surface area contributed by atoms with Crippen LogP contribution in [0.25, 0.3) is 5.69 Å². The Morgan fingerprint density at radius 1 is 1.17 bits per heavy atom. The lowest BCUT2D eigenvalue weighted by Gasteiger charge is -2.29. The molecular formula is C31H36ClN3O6. The molecular weight excluding hydrogens is 546 g/mol. The van der Waals surface area contributed by atoms with Gasteiger partial charge in [0.25, 0.3) is 0 Å². The summed E-state index contributed by atoms with van der Waals surface area (Å²) in [5.74, 6) is 1.08. The first-order valence-corrected chi connectivity index (χ1v) is 14.3. The predicted octanol–water partition coefficient (Wildman–Crippen LogP) is 5.51. The molecule has 2 aliphatic rings. The molecule has 0 radical (unpaired) electrons. The van der Waals surface area contributed by atoms with Gasteiger partial charge < -0.3 is 24.6 Å². The average Bonchev–Trinajstić information content (AvgIpc) is 3.18. The highest BCUT2D eigenvalue weighted by atomic mass is 35.5. The van der Waals surface area contributed by atoms with Crippen molar-refractivity contribution in [3.8, 4) is 17.2 Å². The van der Waals surface area contributed by atoms with Crippen LogP contribution in [0.15, 0.2) is 36.4 Å². The predicted molar refractivity (Wildman–Crippen MR) is 154 cm³/mol. The molecule has 0 spiro atoms. The van der Waals surface area contributed by atoms with Gasteiger partial charge in [-0.15, -0.1) is 0 Å². The van der Waals surface area contributed by atoms with Gasteiger partial charge in [-0.25, -0.2) is 4.98 Å². The van der Waals surface area contributed by atoms with Gasteiger partial charge in [-0.05, 0) is 69.8 Å². The minimum atomic E-state index is -0.828. The summed E-state index contributed by atoms with van der Waals surface area (Å²) in [5, 5.41) is 13.1. The van der Waals surface area contributed by atoms with E-state index >= 15 is 0 Å². The molecule has 1 aromatic heterocycles. The third kappa shape index (κ3) is 5.84. The summed E-state index contributed by atoms with van der Waals surface area (Å²) in [6, 6.07) is 11.0. The van der Waals surface area contributed by atoms with E-state index in [2.05, 4.69) is 9.88 Å². The van der Waals surface area contributed by atoms with Crippen molar-refractivity contribution in [3.05, 3.63) is 69.8 Å². The molecule has 41 heavy (non-hydrogen) atoms. The number of carboxylic acid groups (broad SMARTS) is 1. The molecule has 0 bridgehead atoms. The molecule has 0 amide bonds. The van der Waals surface area contributed by atoms with Gasteiger partial charge in [0.05, 0.1) is 31.6 Å². The molecule has 9 nitrogen and oxygen atoms in total. The topological polar surface area (TPSA) is 112 Å². The van der Waals surface area contributed by atoms with E-state index in [1.807, 2.05) is 50.2 Å². The van der Waals surface area contributed by atoms with Gasteiger partial charge in [0.2, 0.25) is 0 Å². The number of ether oxygens (including phenoxy) is 3. The maximum Gasteiger partial charge on any atom is 0.303 e. The van der Waals surface area contributed by atoms with Crippen molar-refractivity contribution in [2.45, 2.75) is 64.2 Å². The second-order valence-corrected chi connectivity index (χ2v) is 11.2. The lowest BCUT2D eigenvalue weighted by atomic mass is 9.87. The number of rotatable bonds is 9. The number of benzene rings is 2. The van der Waals surface area contributed by atoms with Crippen LogP contribution < -0.4 is 14.8 Å². The van der Waals surface area contributed by atoms with E-state index in [-0.39, 0.29) is 30.6 Å². The fourth-order valence-corrected chi connectivity index (χ4v) is 6.25. The number of ketones is 1. The van der Waals surface area contributed by atoms with Gasteiger partial charge in [-0.1, -0.05) is 23.7 Å². The Morgan fingerprint density at radius 3 is 2.71 bits per heavy atom. The van der Waals surface area contributed by atoms with Crippen LogP contribution in [0, 0.1) is 19.8 Å². The molecule has 4 atom stereocenters. The number of carbonyl (C=O) groups excluding carboxylic acids is 1. The first-order valence-electron chi connectivity index (χ1n) is 13.9. The molecule has 0 saturated carbocycles. The van der Waals surface area contributed by atoms with Crippen molar-refractivity contribution in [1.29, 1.82) is 0 Å². The van der Waals surface area contributed by atoms with Crippen LogP contribution in [0.4, 0.5) is 0 Å². The zero-order valence-electron chi connectivity index (χ0n) is 23.8. The number of hydrogen-bond donors (Lipinski definition) is 2. The number of para-hydroxylation sites is 1. The number of imidazole rings is 1. The van der Waals surface area contributed by atoms with Gasteiger partial charge in [0.15, 0.2) is 11.5 Å². The molecule has 1 saturated heterocycles. The number of carboxylic acids is 1. The van der Waals surface area contributed by atoms with Crippen molar-refractivity contribution in [3.63, 3.8) is 0 Å². The fraction of sp³-hybridized carbons (Fsp3) is 0.452. The number of aliphatic carboxylic acids is 1. The SMILES string of the molecule is COc1cccc(C2OC(CCC(=O)C3CC(CC(=O)O)CCN3)c3nc(C)c(C)n3-c3ccc(Cl)cc32)c1OC. The number of nitrogens with one attached hydrogen (secondary N) is 1. The molecule has 2 aliphatic heterocycles. The van der Waals surface area contributed by atoms with Crippen LogP contribution in [0.2, 0.25) is 5.02 Å². The largest absolute Gasteiger partial charge is 0.493 e. The number of methoxy groups -OCH3 is 2. The molecule has 0 aliphatic carbocycles. The Bertz CT molecular complexity index is 1450. The third-order valence-electron chi connectivity index (χ3n) is 8.20. The highest BCUT2D eigenvalue weighted by Crippen LogP contribution is 2.47. The molecule has 2 aromatic carbocycles. The number of hydrogen-bond acceptors (Lipinski definition) is 7. The molecule has 5 rings (SSSR count). The monoisotopic (exact) mass is 581 g/mol. The van der Waals surface area contributed by atoms with Crippen LogP contribution in [0.3, 0.4) is 0 Å². The summed E-state index contributed by atoms with van der Waals surface area (Å²) in [4.78, 5) is 29.6. The van der Waals surface area contributed by atoms with E-state index in [1.165, 1.54) is 0 Å². The summed E-state index contributed by atoms with van der Waals surface area (Å²) >= 11 is 6.53. The molecule has 1 fully saturated rings. The minimum absolute atomic E-state index is 0.00909. The van der Waals surface area contributed by atoms with E-state index in [0.29, 0.717) is 35.9 Å². The Morgan fingerprint density at radius 2 is 1.98 bits per heavy atom. The van der Waals surface area contributed by atoms with E-state index in [9.17, 15) is 14.7 Å². The van der Waals surface area contributed by atoms with Crippen molar-refractivity contribution in [1.82, 2.24) is 14.9 Å². The molecule has 3 heterocycles. The number of aromatic nitrogens is 2.